The molecule has 0 atom stereocenters. The van der Waals surface area contributed by atoms with Gasteiger partial charge in [0.25, 0.3) is 0 Å². The maximum absolute atomic E-state index is 10.6. The molecule has 3 heterocycles. The van der Waals surface area contributed by atoms with Gasteiger partial charge in [-0.15, -0.1) is 0 Å². The summed E-state index contributed by atoms with van der Waals surface area (Å²) in [5.41, 5.74) is 18.9. The molecule has 0 radical (unpaired) electrons. The number of nitriles is 4. The van der Waals surface area contributed by atoms with Crippen LogP contribution in [0.3, 0.4) is 0 Å². The van der Waals surface area contributed by atoms with E-state index in [1.165, 1.54) is 57.1 Å². The lowest BCUT2D eigenvalue weighted by molar-refractivity contribution is 1.18. The maximum Gasteiger partial charge on any atom is 0.194 e. The quantitative estimate of drug-likeness (QED) is 0.0481. The first-order chi connectivity index (χ1) is 73.9. The molecule has 24 aromatic rings. The molecule has 0 unspecified atom stereocenters. The van der Waals surface area contributed by atoms with Gasteiger partial charge in [0.2, 0.25) is 0 Å². The van der Waals surface area contributed by atoms with Crippen LogP contribution in [-0.2, 0) is 0 Å². The molecule has 0 aliphatic carbocycles. The van der Waals surface area contributed by atoms with Crippen molar-refractivity contribution in [2.24, 2.45) is 0 Å². The van der Waals surface area contributed by atoms with E-state index in [-0.39, 0.29) is 0 Å². The van der Waals surface area contributed by atoms with Crippen LogP contribution in [0.15, 0.2) is 510 Å². The number of hydrogen-bond acceptors (Lipinski definition) is 4. The van der Waals surface area contributed by atoms with Crippen molar-refractivity contribution in [2.75, 3.05) is 0 Å². The van der Waals surface area contributed by atoms with E-state index in [0.717, 1.165) is 121 Å². The fourth-order valence-corrected chi connectivity index (χ4v) is 36.8. The van der Waals surface area contributed by atoms with E-state index >= 15 is 0 Å². The average Bonchev–Trinajstić information content (AvgIpc) is 0.932. The van der Waals surface area contributed by atoms with Crippen molar-refractivity contribution in [1.82, 2.24) is 13.7 Å². The number of rotatable bonds is 18. The first-order valence-corrected chi connectivity index (χ1v) is 54.9. The van der Waals surface area contributed by atoms with E-state index in [2.05, 4.69) is 426 Å². The molecular weight excluding hydrogens is 1870 g/mol. The van der Waals surface area contributed by atoms with Crippen LogP contribution in [0.25, 0.3) is 140 Å². The first-order valence-electron chi connectivity index (χ1n) is 48.9. The molecule has 21 aromatic carbocycles. The van der Waals surface area contributed by atoms with Gasteiger partial charge in [-0.25, -0.2) is 24.2 Å². The van der Waals surface area contributed by atoms with Gasteiger partial charge in [-0.05, 0) is 245 Å². The van der Waals surface area contributed by atoms with Crippen molar-refractivity contribution in [2.45, 2.75) is 0 Å². The van der Waals surface area contributed by atoms with Gasteiger partial charge in [-0.2, -0.15) is 21.0 Å². The van der Waals surface area contributed by atoms with E-state index in [1.54, 1.807) is 6.07 Å². The third-order valence-electron chi connectivity index (χ3n) is 28.8. The van der Waals surface area contributed by atoms with E-state index in [1.807, 2.05) is 140 Å². The van der Waals surface area contributed by atoms with Crippen molar-refractivity contribution < 1.29 is 0 Å². The van der Waals surface area contributed by atoms with Gasteiger partial charge in [0, 0.05) is 33.2 Å². The highest BCUT2D eigenvalue weighted by atomic mass is 28.3. The Balaban J connectivity index is 0.000000127. The second-order valence-corrected chi connectivity index (χ2v) is 48.1. The second-order valence-electron chi connectivity index (χ2n) is 36.7. The third kappa shape index (κ3) is 16.7. The topological polar surface area (TPSA) is 132 Å². The van der Waals surface area contributed by atoms with Gasteiger partial charge in [0.1, 0.15) is 0 Å². The summed E-state index contributed by atoms with van der Waals surface area (Å²) in [6, 6.07) is 185. The summed E-state index contributed by atoms with van der Waals surface area (Å²) >= 11 is 0. The number of fused-ring (bicyclic) bond motifs is 9. The number of aromatic nitrogens is 3. The minimum Gasteiger partial charge on any atom is -0.311 e. The van der Waals surface area contributed by atoms with E-state index in [9.17, 15) is 21.0 Å². The van der Waals surface area contributed by atoms with Gasteiger partial charge in [0.05, 0.1) is 112 Å². The molecule has 24 rings (SSSR count). The van der Waals surface area contributed by atoms with Gasteiger partial charge in [0.15, 0.2) is 52.7 Å². The molecule has 150 heavy (non-hydrogen) atoms. The minimum absolute atomic E-state index is 0.532. The van der Waals surface area contributed by atoms with Crippen molar-refractivity contribution >= 4 is 180 Å². The number of nitrogens with zero attached hydrogens (tertiary/aromatic N) is 12. The van der Waals surface area contributed by atoms with Crippen LogP contribution in [0, 0.1) is 78.2 Å². The summed E-state index contributed by atoms with van der Waals surface area (Å²) < 4.78 is 6.42. The molecule has 696 valence electrons. The third-order valence-corrected chi connectivity index (χ3v) is 43.2. The van der Waals surface area contributed by atoms with Crippen molar-refractivity contribution in [1.29, 1.82) is 21.0 Å². The summed E-state index contributed by atoms with van der Waals surface area (Å²) in [6.07, 6.45) is 0. The Labute approximate surface area is 872 Å². The fraction of sp³-hybridized carbons (Fsp3) is 0. The number of hydrogen-bond donors (Lipinski definition) is 0. The Bertz CT molecular complexity index is 9280. The largest absolute Gasteiger partial charge is 0.311 e. The Morgan fingerprint density at radius 1 is 0.193 bits per heavy atom. The van der Waals surface area contributed by atoms with Crippen LogP contribution in [0.2, 0.25) is 0 Å². The molecule has 0 saturated heterocycles. The second kappa shape index (κ2) is 40.8. The van der Waals surface area contributed by atoms with Crippen LogP contribution in [0.4, 0.5) is 28.4 Å². The summed E-state index contributed by atoms with van der Waals surface area (Å²) in [5.74, 6) is 0. The number of benzene rings is 21. The van der Waals surface area contributed by atoms with Crippen molar-refractivity contribution in [3.05, 3.63) is 589 Å². The molecule has 0 spiro atoms. The van der Waals surface area contributed by atoms with Gasteiger partial charge in [-0.1, -0.05) is 376 Å². The first kappa shape index (κ1) is 94.0. The lowest BCUT2D eigenvalue weighted by Gasteiger charge is -2.36. The average molecular weight is 1960 g/mol. The lowest BCUT2D eigenvalue weighted by Crippen LogP contribution is -2.75. The Hall–Kier alpha value is -20.9. The standard InChI is InChI=1S/3C45H28N4Si/c1-47-34-24-28-43-40(30-34)39-29-32(31-46)21-27-42(39)49(43)35-25-22-33(23-26-35)45-41(48-2)19-12-20-44(45)50(36-13-6-3-7-14-36,37-15-8-4-9-16-37)38-17-10-5-11-18-38;1-47-35-21-25-45-43(30-35)42-26-32(31-46)18-24-44(42)49(45)37-28-34(27-36(29-37)48-2)33-19-22-41(23-20-33)50(38-12-6-3-7-13-38,39-14-8-4-9-15-39)40-16-10-5-11-17-40;1-48-35-21-25-45-43(29-35)42-26-32(30-46)20-24-44(42)49(45)36-22-23-41(34(27-36)31-47)33-12-11-19-40(28-33)50(37-13-5-2-6-14-37,38-15-7-3-8-16-38)39-17-9-4-10-18-39/h2*3-30H;2-29H. The van der Waals surface area contributed by atoms with Gasteiger partial charge < -0.3 is 13.7 Å². The Morgan fingerprint density at radius 3 is 0.867 bits per heavy atom. The van der Waals surface area contributed by atoms with Crippen LogP contribution in [0.1, 0.15) is 22.3 Å². The van der Waals surface area contributed by atoms with E-state index < -0.39 is 24.2 Å². The molecule has 0 N–H and O–H groups in total. The molecule has 0 aliphatic heterocycles. The molecule has 3 aromatic heterocycles. The fourth-order valence-electron chi connectivity index (χ4n) is 22.3. The molecule has 0 aliphatic rings. The van der Waals surface area contributed by atoms with Crippen LogP contribution < -0.4 is 62.2 Å². The van der Waals surface area contributed by atoms with Crippen LogP contribution in [0.5, 0.6) is 0 Å². The molecule has 0 bridgehead atoms. The van der Waals surface area contributed by atoms with E-state index in [4.69, 9.17) is 32.9 Å². The smallest absolute Gasteiger partial charge is 0.194 e. The molecule has 0 amide bonds. The summed E-state index contributed by atoms with van der Waals surface area (Å²) in [6.45, 7) is 39.1. The zero-order valence-electron chi connectivity index (χ0n) is 80.9. The summed E-state index contributed by atoms with van der Waals surface area (Å²) in [7, 11) is -8.36. The maximum atomic E-state index is 10.6. The zero-order valence-corrected chi connectivity index (χ0v) is 83.9. The zero-order chi connectivity index (χ0) is 102. The van der Waals surface area contributed by atoms with Gasteiger partial charge in [-0.3, -0.25) is 0 Å². The monoisotopic (exact) mass is 1960 g/mol. The minimum atomic E-state index is -2.93. The highest BCUT2D eigenvalue weighted by Crippen LogP contribution is 2.43. The van der Waals surface area contributed by atoms with Crippen molar-refractivity contribution in [3.8, 4) is 74.7 Å². The van der Waals surface area contributed by atoms with E-state index in [0.29, 0.717) is 50.7 Å². The Morgan fingerprint density at radius 2 is 0.507 bits per heavy atom. The highest BCUT2D eigenvalue weighted by molar-refractivity contribution is 7.21. The molecule has 12 nitrogen and oxygen atoms in total. The highest BCUT2D eigenvalue weighted by Gasteiger charge is 2.46. The molecule has 0 fully saturated rings. The molecule has 0 saturated carbocycles. The summed E-state index contributed by atoms with van der Waals surface area (Å²) in [5, 5.41) is 60.2. The molecular formula is C135H84N12Si3. The Kier molecular flexibility index (Phi) is 25.6. The van der Waals surface area contributed by atoms with Crippen LogP contribution >= 0.6 is 0 Å². The normalized spacial score (nSPS) is 11.1. The summed E-state index contributed by atoms with van der Waals surface area (Å²) in [4.78, 5) is 18.9. The van der Waals surface area contributed by atoms with Crippen molar-refractivity contribution in [3.63, 3.8) is 0 Å². The predicted octanol–water partition coefficient (Wildman–Crippen LogP) is 25.7. The SMILES string of the molecule is [C-]#[N+]c1cc(-c2ccc([Si](c3ccccc3)(c3ccccc3)c3ccccc3)cc2)cc(-n2c3ccc(C#N)cc3c3cc([N+]#[C-])ccc32)c1.[C-]#[N+]c1ccc2c(c1)c1cc(C#N)ccc1n2-c1ccc(-c2c([N+]#[C-])cccc2[Si](c2ccccc2)(c2ccccc2)c2ccccc2)cc1.[C-]#[N+]c1ccc2c(c1)c1cc(C#N)ccc1n2-c1ccc(-c2cccc([Si](c3ccccc3)(c3ccccc3)c3ccccc3)c2)c(C#N)c1. The van der Waals surface area contributed by atoms with Gasteiger partial charge >= 0.3 is 0 Å². The lowest BCUT2D eigenvalue weighted by atomic mass is 9.99. The predicted molar refractivity (Wildman–Crippen MR) is 620 cm³/mol. The molecule has 15 heteroatoms. The van der Waals surface area contributed by atoms with Crippen LogP contribution in [-0.4, -0.2) is 37.9 Å².